The molecule has 2 amide bonds. The molecule has 0 bridgehead atoms. The predicted octanol–water partition coefficient (Wildman–Crippen LogP) is 5.61. The first-order valence-corrected chi connectivity index (χ1v) is 9.71. The molecule has 0 aliphatic heterocycles. The smallest absolute Gasteiger partial charge is 0.248 e. The van der Waals surface area contributed by atoms with Gasteiger partial charge in [0.05, 0.1) is 11.4 Å². The lowest BCUT2D eigenvalue weighted by Gasteiger charge is -2.13. The average molecular weight is 396 g/mol. The van der Waals surface area contributed by atoms with Crippen LogP contribution in [0.2, 0.25) is 0 Å². The van der Waals surface area contributed by atoms with E-state index in [0.29, 0.717) is 11.4 Å². The molecule has 3 aromatic carbocycles. The van der Waals surface area contributed by atoms with Gasteiger partial charge < -0.3 is 10.6 Å². The van der Waals surface area contributed by atoms with E-state index in [1.165, 1.54) is 12.2 Å². The number of carbonyl (C=O) groups excluding carboxylic acids is 2. The maximum absolute atomic E-state index is 12.4. The largest absolute Gasteiger partial charge is 0.321 e. The quantitative estimate of drug-likeness (QED) is 0.532. The van der Waals surface area contributed by atoms with E-state index >= 15 is 0 Å². The van der Waals surface area contributed by atoms with E-state index in [9.17, 15) is 9.59 Å². The van der Waals surface area contributed by atoms with Crippen LogP contribution in [0.4, 0.5) is 11.4 Å². The predicted molar refractivity (Wildman–Crippen MR) is 124 cm³/mol. The number of nitrogens with one attached hydrogen (secondary N) is 2. The van der Waals surface area contributed by atoms with Gasteiger partial charge in [-0.25, -0.2) is 0 Å². The van der Waals surface area contributed by atoms with Crippen molar-refractivity contribution in [3.05, 3.63) is 107 Å². The van der Waals surface area contributed by atoms with Crippen LogP contribution in [0.15, 0.2) is 84.9 Å². The van der Waals surface area contributed by atoms with Crippen molar-refractivity contribution in [1.82, 2.24) is 0 Å². The highest BCUT2D eigenvalue weighted by Crippen LogP contribution is 2.26. The Morgan fingerprint density at radius 3 is 1.37 bits per heavy atom. The van der Waals surface area contributed by atoms with Gasteiger partial charge in [0.2, 0.25) is 11.8 Å². The summed E-state index contributed by atoms with van der Waals surface area (Å²) >= 11 is 0. The van der Waals surface area contributed by atoms with Gasteiger partial charge in [-0.1, -0.05) is 60.7 Å². The van der Waals surface area contributed by atoms with Gasteiger partial charge in [-0.05, 0) is 60.4 Å². The van der Waals surface area contributed by atoms with E-state index in [1.54, 1.807) is 12.2 Å². The first-order valence-electron chi connectivity index (χ1n) is 9.71. The van der Waals surface area contributed by atoms with Crippen molar-refractivity contribution >= 4 is 35.3 Å². The fourth-order valence-corrected chi connectivity index (χ4v) is 2.84. The number of carbonyl (C=O) groups is 2. The molecule has 4 heteroatoms. The molecule has 0 atom stereocenters. The Bertz CT molecular complexity index is 996. The Balaban J connectivity index is 1.74. The zero-order chi connectivity index (χ0) is 21.3. The second-order valence-corrected chi connectivity index (χ2v) is 6.95. The third-order valence-electron chi connectivity index (χ3n) is 4.60. The molecule has 0 heterocycles. The number of hydrogen-bond donors (Lipinski definition) is 2. The van der Waals surface area contributed by atoms with Gasteiger partial charge in [-0.2, -0.15) is 0 Å². The number of benzene rings is 3. The summed E-state index contributed by atoms with van der Waals surface area (Å²) < 4.78 is 0. The molecular weight excluding hydrogens is 372 g/mol. The monoisotopic (exact) mass is 396 g/mol. The summed E-state index contributed by atoms with van der Waals surface area (Å²) in [5.41, 5.74) is 5.04. The maximum atomic E-state index is 12.4. The molecule has 2 N–H and O–H groups in total. The van der Waals surface area contributed by atoms with Crippen LogP contribution in [0.25, 0.3) is 12.2 Å². The molecule has 0 unspecified atom stereocenters. The SMILES string of the molecule is Cc1cc(NC(=O)/C=C/c2ccccc2)c(NC(=O)/C=C/c2ccccc2)cc1C. The molecular formula is C26H24N2O2. The standard InChI is InChI=1S/C26H24N2O2/c1-19-17-23(27-25(29)15-13-21-9-5-3-6-10-21)24(18-20(19)2)28-26(30)16-14-22-11-7-4-8-12-22/h3-18H,1-2H3,(H,27,29)(H,28,30)/b15-13+,16-14+. The van der Waals surface area contributed by atoms with Crippen molar-refractivity contribution in [1.29, 1.82) is 0 Å². The number of anilines is 2. The highest BCUT2D eigenvalue weighted by molar-refractivity contribution is 6.08. The molecule has 0 aliphatic carbocycles. The summed E-state index contributed by atoms with van der Waals surface area (Å²) in [6.07, 6.45) is 6.45. The summed E-state index contributed by atoms with van der Waals surface area (Å²) in [6.45, 7) is 3.93. The van der Waals surface area contributed by atoms with E-state index in [1.807, 2.05) is 86.6 Å². The van der Waals surface area contributed by atoms with Crippen molar-refractivity contribution in [3.8, 4) is 0 Å². The van der Waals surface area contributed by atoms with Crippen molar-refractivity contribution in [3.63, 3.8) is 0 Å². The molecule has 0 aliphatic rings. The zero-order valence-corrected chi connectivity index (χ0v) is 17.1. The van der Waals surface area contributed by atoms with Gasteiger partial charge in [-0.3, -0.25) is 9.59 Å². The third kappa shape index (κ3) is 6.04. The van der Waals surface area contributed by atoms with Crippen LogP contribution in [0.5, 0.6) is 0 Å². The van der Waals surface area contributed by atoms with Gasteiger partial charge in [0, 0.05) is 12.2 Å². The van der Waals surface area contributed by atoms with Crippen LogP contribution in [0.1, 0.15) is 22.3 Å². The molecule has 30 heavy (non-hydrogen) atoms. The number of amides is 2. The van der Waals surface area contributed by atoms with Crippen molar-refractivity contribution in [2.45, 2.75) is 13.8 Å². The first-order chi connectivity index (χ1) is 14.5. The second-order valence-electron chi connectivity index (χ2n) is 6.95. The molecule has 150 valence electrons. The summed E-state index contributed by atoms with van der Waals surface area (Å²) in [4.78, 5) is 24.8. The Kier molecular flexibility index (Phi) is 6.95. The first kappa shape index (κ1) is 20.8. The minimum absolute atomic E-state index is 0.266. The fraction of sp³-hybridized carbons (Fsp3) is 0.0769. The second kappa shape index (κ2) is 10.0. The van der Waals surface area contributed by atoms with E-state index in [2.05, 4.69) is 10.6 Å². The highest BCUT2D eigenvalue weighted by Gasteiger charge is 2.10. The van der Waals surface area contributed by atoms with Gasteiger partial charge >= 0.3 is 0 Å². The van der Waals surface area contributed by atoms with Crippen molar-refractivity contribution < 1.29 is 9.59 Å². The van der Waals surface area contributed by atoms with E-state index in [-0.39, 0.29) is 11.8 Å². The Hall–Kier alpha value is -3.92. The lowest BCUT2D eigenvalue weighted by atomic mass is 10.1. The van der Waals surface area contributed by atoms with Crippen LogP contribution >= 0.6 is 0 Å². The number of hydrogen-bond acceptors (Lipinski definition) is 2. The van der Waals surface area contributed by atoms with Gasteiger partial charge in [-0.15, -0.1) is 0 Å². The summed E-state index contributed by atoms with van der Waals surface area (Å²) in [6, 6.07) is 22.9. The van der Waals surface area contributed by atoms with Gasteiger partial charge in [0.1, 0.15) is 0 Å². The minimum Gasteiger partial charge on any atom is -0.321 e. The molecule has 0 saturated heterocycles. The van der Waals surface area contributed by atoms with E-state index < -0.39 is 0 Å². The van der Waals surface area contributed by atoms with Crippen molar-refractivity contribution in [2.75, 3.05) is 10.6 Å². The summed E-state index contributed by atoms with van der Waals surface area (Å²) in [7, 11) is 0. The lowest BCUT2D eigenvalue weighted by molar-refractivity contribution is -0.112. The normalized spacial score (nSPS) is 11.0. The fourth-order valence-electron chi connectivity index (χ4n) is 2.84. The van der Waals surface area contributed by atoms with Crippen LogP contribution in [0.3, 0.4) is 0 Å². The Morgan fingerprint density at radius 1 is 0.633 bits per heavy atom. The van der Waals surface area contributed by atoms with Crippen LogP contribution in [-0.4, -0.2) is 11.8 Å². The van der Waals surface area contributed by atoms with Crippen molar-refractivity contribution in [2.24, 2.45) is 0 Å². The summed E-state index contributed by atoms with van der Waals surface area (Å²) in [5, 5.41) is 5.73. The highest BCUT2D eigenvalue weighted by atomic mass is 16.2. The number of aryl methyl sites for hydroxylation is 2. The topological polar surface area (TPSA) is 58.2 Å². The van der Waals surface area contributed by atoms with Crippen LogP contribution in [0, 0.1) is 13.8 Å². The molecule has 0 saturated carbocycles. The van der Waals surface area contributed by atoms with Crippen LogP contribution < -0.4 is 10.6 Å². The molecule has 3 aromatic rings. The Morgan fingerprint density at radius 2 is 1.00 bits per heavy atom. The maximum Gasteiger partial charge on any atom is 0.248 e. The average Bonchev–Trinajstić information content (AvgIpc) is 2.76. The number of rotatable bonds is 6. The molecule has 3 rings (SSSR count). The molecule has 0 aromatic heterocycles. The Labute approximate surface area is 177 Å². The van der Waals surface area contributed by atoms with Crippen LogP contribution in [-0.2, 0) is 9.59 Å². The molecule has 0 spiro atoms. The molecule has 0 radical (unpaired) electrons. The molecule has 0 fully saturated rings. The van der Waals surface area contributed by atoms with Gasteiger partial charge in [0.25, 0.3) is 0 Å². The minimum atomic E-state index is -0.266. The zero-order valence-electron chi connectivity index (χ0n) is 17.1. The third-order valence-corrected chi connectivity index (χ3v) is 4.60. The van der Waals surface area contributed by atoms with E-state index in [4.69, 9.17) is 0 Å². The molecule has 4 nitrogen and oxygen atoms in total. The van der Waals surface area contributed by atoms with E-state index in [0.717, 1.165) is 22.3 Å². The van der Waals surface area contributed by atoms with Gasteiger partial charge in [0.15, 0.2) is 0 Å². The summed E-state index contributed by atoms with van der Waals surface area (Å²) in [5.74, 6) is -0.533. The lowest BCUT2D eigenvalue weighted by Crippen LogP contribution is -2.14.